The number of carbonyl (C=O) groups excluding carboxylic acids is 4. The zero-order valence-electron chi connectivity index (χ0n) is 20.9. The Labute approximate surface area is 211 Å². The molecular weight excluding hydrogens is 482 g/mol. The first-order valence-electron chi connectivity index (χ1n) is 11.7. The molecule has 0 unspecified atom stereocenters. The molecule has 2 fully saturated rings. The minimum atomic E-state index is -1.68. The Morgan fingerprint density at radius 3 is 2.43 bits per heavy atom. The van der Waals surface area contributed by atoms with Gasteiger partial charge in [0.15, 0.2) is 22.8 Å². The quantitative estimate of drug-likeness (QED) is 0.456. The SMILES string of the molecule is COC(=O)[C@@]1(C)NC2=C(C1=O)[C@@]13C[C@H]1CN(C(=O)c1cc4cc(OC)c(OC)c(OC)c4[nH]1)C3=CC2=O. The molecule has 1 saturated heterocycles. The smallest absolute Gasteiger partial charge is 0.339 e. The van der Waals surface area contributed by atoms with Gasteiger partial charge in [-0.15, -0.1) is 0 Å². The molecule has 1 saturated carbocycles. The summed E-state index contributed by atoms with van der Waals surface area (Å²) in [6.45, 7) is 1.76. The normalized spacial score (nSPS) is 27.3. The molecule has 2 aliphatic carbocycles. The van der Waals surface area contributed by atoms with Gasteiger partial charge in [-0.25, -0.2) is 4.79 Å². The second-order valence-electron chi connectivity index (χ2n) is 9.80. The lowest BCUT2D eigenvalue weighted by Gasteiger charge is -2.28. The lowest BCUT2D eigenvalue weighted by molar-refractivity contribution is -0.150. The fraction of sp³-hybridized carbons (Fsp3) is 0.385. The van der Waals surface area contributed by atoms with Gasteiger partial charge in [0.25, 0.3) is 5.91 Å². The van der Waals surface area contributed by atoms with E-state index in [-0.39, 0.29) is 28.8 Å². The third-order valence-corrected chi connectivity index (χ3v) is 8.01. The van der Waals surface area contributed by atoms with Crippen LogP contribution in [0.5, 0.6) is 17.2 Å². The maximum absolute atomic E-state index is 13.8. The number of nitrogens with zero attached hydrogens (tertiary/aromatic N) is 1. The molecule has 0 bridgehead atoms. The van der Waals surface area contributed by atoms with Crippen LogP contribution in [0.3, 0.4) is 0 Å². The van der Waals surface area contributed by atoms with Crippen molar-refractivity contribution in [3.63, 3.8) is 0 Å². The van der Waals surface area contributed by atoms with Crippen LogP contribution in [-0.4, -0.2) is 73.8 Å². The molecule has 4 aliphatic rings. The van der Waals surface area contributed by atoms with E-state index < -0.39 is 28.5 Å². The van der Waals surface area contributed by atoms with Crippen molar-refractivity contribution in [3.05, 3.63) is 40.9 Å². The molecule has 11 nitrogen and oxygen atoms in total. The summed E-state index contributed by atoms with van der Waals surface area (Å²) < 4.78 is 21.2. The van der Waals surface area contributed by atoms with E-state index in [9.17, 15) is 19.2 Å². The zero-order chi connectivity index (χ0) is 26.4. The predicted octanol–water partition coefficient (Wildman–Crippen LogP) is 1.48. The molecule has 1 aromatic carbocycles. The van der Waals surface area contributed by atoms with Crippen LogP contribution in [0.1, 0.15) is 23.8 Å². The number of ketones is 2. The molecule has 2 N–H and O–H groups in total. The number of aromatic amines is 1. The van der Waals surface area contributed by atoms with E-state index in [2.05, 4.69) is 10.3 Å². The van der Waals surface area contributed by atoms with Crippen molar-refractivity contribution in [1.29, 1.82) is 0 Å². The number of nitrogens with one attached hydrogen (secondary N) is 2. The van der Waals surface area contributed by atoms with Crippen LogP contribution in [0.25, 0.3) is 10.9 Å². The van der Waals surface area contributed by atoms with E-state index in [1.807, 2.05) is 0 Å². The summed E-state index contributed by atoms with van der Waals surface area (Å²) in [4.78, 5) is 57.5. The lowest BCUT2D eigenvalue weighted by Crippen LogP contribution is -2.52. The largest absolute Gasteiger partial charge is 0.493 e. The summed E-state index contributed by atoms with van der Waals surface area (Å²) >= 11 is 0. The molecule has 1 aromatic heterocycles. The Morgan fingerprint density at radius 1 is 1.05 bits per heavy atom. The summed E-state index contributed by atoms with van der Waals surface area (Å²) in [5, 5.41) is 3.51. The highest BCUT2D eigenvalue weighted by Gasteiger charge is 2.73. The van der Waals surface area contributed by atoms with Gasteiger partial charge in [-0.1, -0.05) is 0 Å². The number of piperidine rings is 1. The Morgan fingerprint density at radius 2 is 1.78 bits per heavy atom. The van der Waals surface area contributed by atoms with Crippen molar-refractivity contribution in [2.75, 3.05) is 35.0 Å². The van der Waals surface area contributed by atoms with E-state index in [0.717, 1.165) is 0 Å². The van der Waals surface area contributed by atoms with Gasteiger partial charge in [0, 0.05) is 34.7 Å². The van der Waals surface area contributed by atoms with Gasteiger partial charge in [0.1, 0.15) is 5.69 Å². The van der Waals surface area contributed by atoms with Gasteiger partial charge >= 0.3 is 5.97 Å². The number of esters is 1. The van der Waals surface area contributed by atoms with Gasteiger partial charge in [-0.3, -0.25) is 14.4 Å². The van der Waals surface area contributed by atoms with Crippen molar-refractivity contribution >= 4 is 34.3 Å². The monoisotopic (exact) mass is 507 g/mol. The number of ether oxygens (including phenoxy) is 4. The Balaban J connectivity index is 1.38. The van der Waals surface area contributed by atoms with E-state index >= 15 is 0 Å². The number of aromatic nitrogens is 1. The molecule has 0 radical (unpaired) electrons. The predicted molar refractivity (Wildman–Crippen MR) is 128 cm³/mol. The third kappa shape index (κ3) is 2.71. The van der Waals surface area contributed by atoms with Gasteiger partial charge in [-0.2, -0.15) is 0 Å². The van der Waals surface area contributed by atoms with Crippen LogP contribution < -0.4 is 19.5 Å². The highest BCUT2D eigenvalue weighted by atomic mass is 16.5. The lowest BCUT2D eigenvalue weighted by atomic mass is 9.80. The molecule has 37 heavy (non-hydrogen) atoms. The zero-order valence-corrected chi connectivity index (χ0v) is 20.9. The number of hydrogen-bond donors (Lipinski definition) is 2. The van der Waals surface area contributed by atoms with Crippen molar-refractivity contribution in [2.45, 2.75) is 18.9 Å². The van der Waals surface area contributed by atoms with E-state index in [1.54, 1.807) is 17.0 Å². The maximum atomic E-state index is 13.8. The molecule has 2 aromatic rings. The third-order valence-electron chi connectivity index (χ3n) is 8.01. The fourth-order valence-corrected chi connectivity index (χ4v) is 6.15. The van der Waals surface area contributed by atoms with Gasteiger partial charge < -0.3 is 34.1 Å². The summed E-state index contributed by atoms with van der Waals surface area (Å²) in [5.41, 5.74) is -0.733. The van der Waals surface area contributed by atoms with Crippen molar-refractivity contribution in [2.24, 2.45) is 11.3 Å². The summed E-state index contributed by atoms with van der Waals surface area (Å²) in [6.07, 6.45) is 2.02. The van der Waals surface area contributed by atoms with E-state index in [1.165, 1.54) is 41.4 Å². The average Bonchev–Trinajstić information content (AvgIpc) is 3.15. The van der Waals surface area contributed by atoms with E-state index in [4.69, 9.17) is 18.9 Å². The molecule has 6 rings (SSSR count). The number of H-pyrrole nitrogens is 1. The van der Waals surface area contributed by atoms with Crippen LogP contribution in [0.4, 0.5) is 0 Å². The highest BCUT2D eigenvalue weighted by molar-refractivity contribution is 6.26. The van der Waals surface area contributed by atoms with Crippen molar-refractivity contribution in [3.8, 4) is 17.2 Å². The molecule has 3 heterocycles. The number of carbonyl (C=O) groups is 4. The Kier molecular flexibility index (Phi) is 4.61. The standard InChI is InChI=1S/C26H25N3O8/c1-25(24(33)37-5)22(31)17-19(28-25)14(30)8-16-26(17)9-12(26)10-29(16)23(32)13-6-11-7-15(34-2)20(35-3)21(36-4)18(11)27-13/h6-8,12,27-28H,9-10H2,1-5H3/t12-,25-,26-/m0/s1. The number of methoxy groups -OCH3 is 4. The van der Waals surface area contributed by atoms with Crippen molar-refractivity contribution in [1.82, 2.24) is 15.2 Å². The number of allylic oxidation sites excluding steroid dienone is 2. The topological polar surface area (TPSA) is 136 Å². The van der Waals surface area contributed by atoms with Gasteiger partial charge in [-0.05, 0) is 31.4 Å². The van der Waals surface area contributed by atoms with Crippen LogP contribution >= 0.6 is 0 Å². The average molecular weight is 507 g/mol. The summed E-state index contributed by atoms with van der Waals surface area (Å²) in [5.74, 6) is -0.852. The second kappa shape index (κ2) is 7.37. The molecular formula is C26H25N3O8. The maximum Gasteiger partial charge on any atom is 0.339 e. The Bertz CT molecular complexity index is 1520. The molecule has 1 amide bonds. The Hall–Kier alpha value is -4.28. The van der Waals surface area contributed by atoms with Crippen molar-refractivity contribution < 1.29 is 38.1 Å². The summed E-state index contributed by atoms with van der Waals surface area (Å²) in [7, 11) is 5.70. The van der Waals surface area contributed by atoms with E-state index in [0.29, 0.717) is 46.8 Å². The fourth-order valence-electron chi connectivity index (χ4n) is 6.15. The number of Topliss-reactive ketones (excluding diaryl/α,β-unsaturated/α-hetero) is 1. The molecule has 3 atom stereocenters. The molecule has 2 aliphatic heterocycles. The number of rotatable bonds is 5. The number of amides is 1. The van der Waals surface area contributed by atoms with Crippen LogP contribution in [0.15, 0.2) is 35.2 Å². The minimum Gasteiger partial charge on any atom is -0.493 e. The number of fused-ring (bicyclic) bond motifs is 1. The first-order chi connectivity index (χ1) is 17.7. The summed E-state index contributed by atoms with van der Waals surface area (Å²) in [6, 6.07) is 3.43. The minimum absolute atomic E-state index is 0.0364. The number of likely N-dealkylation sites (tertiary alicyclic amines) is 1. The van der Waals surface area contributed by atoms with Crippen LogP contribution in [-0.2, 0) is 19.1 Å². The van der Waals surface area contributed by atoms with Gasteiger partial charge in [0.05, 0.1) is 39.7 Å². The number of hydrogen-bond acceptors (Lipinski definition) is 9. The first-order valence-corrected chi connectivity index (χ1v) is 11.7. The molecule has 11 heteroatoms. The number of benzene rings is 1. The van der Waals surface area contributed by atoms with Crippen LogP contribution in [0.2, 0.25) is 0 Å². The molecule has 1 spiro atoms. The highest BCUT2D eigenvalue weighted by Crippen LogP contribution is 2.70. The molecule has 192 valence electrons. The second-order valence-corrected chi connectivity index (χ2v) is 9.80. The van der Waals surface area contributed by atoms with Crippen LogP contribution in [0, 0.1) is 11.3 Å². The van der Waals surface area contributed by atoms with Gasteiger partial charge in [0.2, 0.25) is 11.5 Å². The first kappa shape index (κ1) is 23.1.